The average molecular weight is 463 g/mol. The van der Waals surface area contributed by atoms with Gasteiger partial charge in [0.25, 0.3) is 5.91 Å². The molecule has 1 atom stereocenters. The number of para-hydroxylation sites is 1. The van der Waals surface area contributed by atoms with E-state index < -0.39 is 17.4 Å². The molecule has 2 amide bonds. The minimum atomic E-state index is -1.27. The molecule has 10 nitrogen and oxygen atoms in total. The van der Waals surface area contributed by atoms with Crippen LogP contribution in [-0.4, -0.2) is 57.0 Å². The van der Waals surface area contributed by atoms with Gasteiger partial charge in [-0.15, -0.1) is 0 Å². The molecule has 176 valence electrons. The normalized spacial score (nSPS) is 17.1. The van der Waals surface area contributed by atoms with Crippen molar-refractivity contribution in [2.75, 3.05) is 14.2 Å². The first-order valence-corrected chi connectivity index (χ1v) is 10.6. The molecule has 3 aromatic rings. The van der Waals surface area contributed by atoms with E-state index >= 15 is 0 Å². The number of hydrogen-bond donors (Lipinski definition) is 1. The molecule has 10 heteroatoms. The number of carbonyl (C=O) groups is 3. The highest BCUT2D eigenvalue weighted by atomic mass is 16.5. The van der Waals surface area contributed by atoms with Gasteiger partial charge < -0.3 is 24.3 Å². The van der Waals surface area contributed by atoms with Crippen LogP contribution in [0, 0.1) is 0 Å². The standard InChI is InChI=1S/C24H25N5O5/c1-24(23(32)26-12-17-8-4-5-9-18(17)33-2)14-28-15-27-19(22(31)34-3)20(28)21(30)29(24)13-16-7-6-10-25-11-16/h4-11,15H,12-14H2,1-3H3,(H,26,32). The fourth-order valence-corrected chi connectivity index (χ4v) is 4.07. The molecule has 0 aliphatic carbocycles. The zero-order chi connectivity index (χ0) is 24.3. The topological polar surface area (TPSA) is 116 Å². The van der Waals surface area contributed by atoms with Gasteiger partial charge in [-0.2, -0.15) is 0 Å². The zero-order valence-electron chi connectivity index (χ0n) is 19.1. The second-order valence-electron chi connectivity index (χ2n) is 8.08. The molecule has 0 spiro atoms. The van der Waals surface area contributed by atoms with Crippen molar-refractivity contribution in [3.63, 3.8) is 0 Å². The summed E-state index contributed by atoms with van der Waals surface area (Å²) in [6, 6.07) is 11.0. The molecule has 1 unspecified atom stereocenters. The summed E-state index contributed by atoms with van der Waals surface area (Å²) in [5.41, 5.74) is 0.285. The van der Waals surface area contributed by atoms with E-state index in [1.807, 2.05) is 30.3 Å². The highest BCUT2D eigenvalue weighted by molar-refractivity contribution is 6.06. The van der Waals surface area contributed by atoms with Gasteiger partial charge in [0.05, 0.1) is 27.1 Å². The highest BCUT2D eigenvalue weighted by Crippen LogP contribution is 2.31. The van der Waals surface area contributed by atoms with Gasteiger partial charge in [0.15, 0.2) is 5.69 Å². The first kappa shape index (κ1) is 23.0. The van der Waals surface area contributed by atoms with Crippen LogP contribution in [0.4, 0.5) is 0 Å². The van der Waals surface area contributed by atoms with Gasteiger partial charge in [0.2, 0.25) is 5.91 Å². The molecule has 3 heterocycles. The second-order valence-corrected chi connectivity index (χ2v) is 8.08. The van der Waals surface area contributed by atoms with Crippen molar-refractivity contribution in [2.24, 2.45) is 0 Å². The number of ether oxygens (including phenoxy) is 2. The van der Waals surface area contributed by atoms with Crippen molar-refractivity contribution >= 4 is 17.8 Å². The van der Waals surface area contributed by atoms with Gasteiger partial charge in [-0.1, -0.05) is 24.3 Å². The van der Waals surface area contributed by atoms with E-state index in [4.69, 9.17) is 9.47 Å². The number of nitrogens with zero attached hydrogens (tertiary/aromatic N) is 4. The van der Waals surface area contributed by atoms with Crippen molar-refractivity contribution < 1.29 is 23.9 Å². The molecule has 4 rings (SSSR count). The Labute approximate surface area is 196 Å². The fourth-order valence-electron chi connectivity index (χ4n) is 4.07. The molecule has 0 saturated heterocycles. The summed E-state index contributed by atoms with van der Waals surface area (Å²) >= 11 is 0. The number of amides is 2. The average Bonchev–Trinajstić information content (AvgIpc) is 3.29. The molecule has 2 aromatic heterocycles. The van der Waals surface area contributed by atoms with E-state index in [1.54, 1.807) is 32.5 Å². The van der Waals surface area contributed by atoms with Crippen molar-refractivity contribution in [1.29, 1.82) is 0 Å². The van der Waals surface area contributed by atoms with Crippen molar-refractivity contribution in [3.8, 4) is 5.75 Å². The van der Waals surface area contributed by atoms with E-state index in [0.29, 0.717) is 5.75 Å². The van der Waals surface area contributed by atoms with Gasteiger partial charge in [0.1, 0.15) is 17.0 Å². The lowest BCUT2D eigenvalue weighted by Gasteiger charge is -2.43. The Bertz CT molecular complexity index is 1230. The molecular formula is C24H25N5O5. The summed E-state index contributed by atoms with van der Waals surface area (Å²) in [6.45, 7) is 2.14. The SMILES string of the molecule is COC(=O)c1ncn2c1C(=O)N(Cc1cccnc1)C(C)(C(=O)NCc1ccccc1OC)C2. The van der Waals surface area contributed by atoms with E-state index in [-0.39, 0.29) is 36.9 Å². The molecule has 0 bridgehead atoms. The van der Waals surface area contributed by atoms with Crippen LogP contribution in [0.15, 0.2) is 55.1 Å². The zero-order valence-corrected chi connectivity index (χ0v) is 19.1. The number of nitrogens with one attached hydrogen (secondary N) is 1. The predicted molar refractivity (Wildman–Crippen MR) is 121 cm³/mol. The number of hydrogen-bond acceptors (Lipinski definition) is 7. The number of carbonyl (C=O) groups excluding carboxylic acids is 3. The van der Waals surface area contributed by atoms with Crippen LogP contribution in [0.2, 0.25) is 0 Å². The summed E-state index contributed by atoms with van der Waals surface area (Å²) in [5.74, 6) is -0.912. The number of rotatable bonds is 7. The van der Waals surface area contributed by atoms with Crippen molar-refractivity contribution in [3.05, 3.63) is 77.6 Å². The maximum Gasteiger partial charge on any atom is 0.359 e. The number of methoxy groups -OCH3 is 2. The first-order valence-electron chi connectivity index (χ1n) is 10.6. The third-order valence-corrected chi connectivity index (χ3v) is 5.92. The van der Waals surface area contributed by atoms with Crippen LogP contribution < -0.4 is 10.1 Å². The third-order valence-electron chi connectivity index (χ3n) is 5.92. The van der Waals surface area contributed by atoms with Gasteiger partial charge in [-0.25, -0.2) is 9.78 Å². The molecule has 0 fully saturated rings. The van der Waals surface area contributed by atoms with Gasteiger partial charge in [-0.3, -0.25) is 14.6 Å². The Hall–Kier alpha value is -4.21. The number of fused-ring (bicyclic) bond motifs is 1. The van der Waals surface area contributed by atoms with Crippen molar-refractivity contribution in [2.45, 2.75) is 32.1 Å². The first-order chi connectivity index (χ1) is 16.4. The summed E-state index contributed by atoms with van der Waals surface area (Å²) in [7, 11) is 2.79. The van der Waals surface area contributed by atoms with Crippen LogP contribution in [0.3, 0.4) is 0 Å². The Kier molecular flexibility index (Phi) is 6.31. The molecule has 34 heavy (non-hydrogen) atoms. The summed E-state index contributed by atoms with van der Waals surface area (Å²) in [4.78, 5) is 49.1. The molecule has 0 radical (unpaired) electrons. The summed E-state index contributed by atoms with van der Waals surface area (Å²) in [5, 5.41) is 2.94. The second kappa shape index (κ2) is 9.34. The van der Waals surface area contributed by atoms with Gasteiger partial charge >= 0.3 is 5.97 Å². The monoisotopic (exact) mass is 463 g/mol. The van der Waals surface area contributed by atoms with Gasteiger partial charge in [0, 0.05) is 31.0 Å². The molecule has 1 aliphatic rings. The van der Waals surface area contributed by atoms with Crippen LogP contribution in [0.25, 0.3) is 0 Å². The van der Waals surface area contributed by atoms with Crippen LogP contribution in [0.1, 0.15) is 39.0 Å². The number of benzene rings is 1. The molecule has 1 aromatic carbocycles. The Morgan fingerprint density at radius 1 is 1.18 bits per heavy atom. The molecule has 1 N–H and O–H groups in total. The van der Waals surface area contributed by atoms with Crippen LogP contribution in [0.5, 0.6) is 5.75 Å². The number of pyridine rings is 1. The lowest BCUT2D eigenvalue weighted by Crippen LogP contribution is -2.63. The molecule has 0 saturated carbocycles. The number of imidazole rings is 1. The fraction of sp³-hybridized carbons (Fsp3) is 0.292. The smallest absolute Gasteiger partial charge is 0.359 e. The minimum absolute atomic E-state index is 0.0832. The lowest BCUT2D eigenvalue weighted by atomic mass is 9.93. The van der Waals surface area contributed by atoms with E-state index in [0.717, 1.165) is 11.1 Å². The predicted octanol–water partition coefficient (Wildman–Crippen LogP) is 1.80. The molecular weight excluding hydrogens is 438 g/mol. The number of aromatic nitrogens is 3. The Morgan fingerprint density at radius 3 is 2.68 bits per heavy atom. The van der Waals surface area contributed by atoms with E-state index in [2.05, 4.69) is 15.3 Å². The Balaban J connectivity index is 1.69. The van der Waals surface area contributed by atoms with E-state index in [9.17, 15) is 14.4 Å². The number of esters is 1. The summed E-state index contributed by atoms with van der Waals surface area (Å²) in [6.07, 6.45) is 4.64. The highest BCUT2D eigenvalue weighted by Gasteiger charge is 2.49. The lowest BCUT2D eigenvalue weighted by molar-refractivity contribution is -0.133. The largest absolute Gasteiger partial charge is 0.496 e. The van der Waals surface area contributed by atoms with E-state index in [1.165, 1.54) is 22.9 Å². The van der Waals surface area contributed by atoms with Crippen molar-refractivity contribution in [1.82, 2.24) is 24.8 Å². The van der Waals surface area contributed by atoms with Gasteiger partial charge in [-0.05, 0) is 24.6 Å². The van der Waals surface area contributed by atoms with Crippen LogP contribution in [-0.2, 0) is 29.2 Å². The summed E-state index contributed by atoms with van der Waals surface area (Å²) < 4.78 is 11.7. The maximum atomic E-state index is 13.7. The molecule has 1 aliphatic heterocycles. The maximum absolute atomic E-state index is 13.7. The Morgan fingerprint density at radius 2 is 1.97 bits per heavy atom. The quantitative estimate of drug-likeness (QED) is 0.531. The third kappa shape index (κ3) is 4.09. The van der Waals surface area contributed by atoms with Crippen LogP contribution >= 0.6 is 0 Å². The minimum Gasteiger partial charge on any atom is -0.496 e.